The second-order valence-electron chi connectivity index (χ2n) is 11.6. The Balaban J connectivity index is 1.26. The Kier molecular flexibility index (Phi) is 11.9. The number of benzene rings is 2. The number of amides is 3. The first kappa shape index (κ1) is 33.6. The molecule has 2 fully saturated rings. The van der Waals surface area contributed by atoms with Crippen LogP contribution in [-0.2, 0) is 27.3 Å². The molecule has 9 nitrogen and oxygen atoms in total. The van der Waals surface area contributed by atoms with Crippen molar-refractivity contribution in [1.82, 2.24) is 20.9 Å². The van der Waals surface area contributed by atoms with E-state index in [0.717, 1.165) is 43.2 Å². The van der Waals surface area contributed by atoms with Crippen LogP contribution in [0.5, 0.6) is 0 Å². The van der Waals surface area contributed by atoms with Crippen molar-refractivity contribution in [1.29, 1.82) is 0 Å². The second-order valence-corrected chi connectivity index (χ2v) is 12.8. The number of halogens is 3. The zero-order valence-electron chi connectivity index (χ0n) is 25.0. The lowest BCUT2D eigenvalue weighted by Gasteiger charge is -2.28. The molecule has 0 aliphatic carbocycles. The van der Waals surface area contributed by atoms with Crippen LogP contribution < -0.4 is 27.0 Å². The molecule has 3 atom stereocenters. The van der Waals surface area contributed by atoms with Crippen molar-refractivity contribution in [2.24, 2.45) is 11.7 Å². The second kappa shape index (κ2) is 15.6. The van der Waals surface area contributed by atoms with Gasteiger partial charge < -0.3 is 31.9 Å². The summed E-state index contributed by atoms with van der Waals surface area (Å²) in [6.07, 6.45) is 1.50. The molecule has 2 saturated heterocycles. The molecule has 3 amide bonds. The van der Waals surface area contributed by atoms with E-state index in [2.05, 4.69) is 21.3 Å². The highest BCUT2D eigenvalue weighted by Gasteiger charge is 2.35. The van der Waals surface area contributed by atoms with E-state index in [1.54, 1.807) is 0 Å². The molecule has 0 radical (unpaired) electrons. The molecule has 0 saturated carbocycles. The smallest absolute Gasteiger partial charge is 0.253 e. The molecule has 6 N–H and O–H groups in total. The van der Waals surface area contributed by atoms with Crippen LogP contribution in [0.4, 0.5) is 18.9 Å². The molecule has 4 rings (SSSR count). The number of anilines is 1. The maximum Gasteiger partial charge on any atom is 0.253 e. The highest BCUT2D eigenvalue weighted by atomic mass is 32.2. The summed E-state index contributed by atoms with van der Waals surface area (Å²) in [6, 6.07) is 7.62. The van der Waals surface area contributed by atoms with Crippen LogP contribution in [0.15, 0.2) is 36.4 Å². The molecule has 240 valence electrons. The van der Waals surface area contributed by atoms with Crippen molar-refractivity contribution < 1.29 is 27.6 Å². The van der Waals surface area contributed by atoms with E-state index < -0.39 is 28.9 Å². The average Bonchev–Trinajstić information content (AvgIpc) is 3.49. The third kappa shape index (κ3) is 9.12. The van der Waals surface area contributed by atoms with Crippen molar-refractivity contribution in [3.63, 3.8) is 0 Å². The van der Waals surface area contributed by atoms with E-state index in [-0.39, 0.29) is 60.7 Å². The third-order valence-electron chi connectivity index (χ3n) is 7.82. The number of thioether (sulfide) groups is 1. The fourth-order valence-electron chi connectivity index (χ4n) is 5.33. The fourth-order valence-corrected chi connectivity index (χ4v) is 6.49. The molecular formula is C31H41F3N6O3S. The van der Waals surface area contributed by atoms with Gasteiger partial charge in [0.25, 0.3) is 5.91 Å². The van der Waals surface area contributed by atoms with Gasteiger partial charge in [0.05, 0.1) is 0 Å². The zero-order valence-corrected chi connectivity index (χ0v) is 25.8. The van der Waals surface area contributed by atoms with Crippen LogP contribution in [0.2, 0.25) is 0 Å². The summed E-state index contributed by atoms with van der Waals surface area (Å²) in [5, 5.41) is 11.9. The highest BCUT2D eigenvalue weighted by Crippen LogP contribution is 2.26. The summed E-state index contributed by atoms with van der Waals surface area (Å²) in [5.74, 6) is -3.47. The number of piperidine rings is 1. The van der Waals surface area contributed by atoms with E-state index >= 15 is 0 Å². The van der Waals surface area contributed by atoms with Gasteiger partial charge in [0.1, 0.15) is 11.9 Å². The Bertz CT molecular complexity index is 1310. The molecule has 44 heavy (non-hydrogen) atoms. The van der Waals surface area contributed by atoms with Crippen molar-refractivity contribution in [2.45, 2.75) is 69.6 Å². The minimum atomic E-state index is -1.29. The Hall–Kier alpha value is -3.29. The van der Waals surface area contributed by atoms with Crippen LogP contribution >= 0.6 is 11.8 Å². The molecule has 2 aliphatic heterocycles. The van der Waals surface area contributed by atoms with E-state index in [1.807, 2.05) is 38.1 Å². The standard InChI is InChI=1S/C31H41F3N6O3S/c1-18(2)28(29(42)39-23-7-9-36-10-8-23)38-22-5-3-19(4-6-22)17-37-30(43)31-40(11-12-44-31)27(41)15-21(35)13-20-14-25(33)26(34)16-24(20)32/h3-6,14,16,18,21,23,28,31,36,38H,7-13,15,17,35H2,1-2H3,(H,37,43)(H,39,42)/t21-,28-,31+/m1/s1. The van der Waals surface area contributed by atoms with Crippen LogP contribution in [0.3, 0.4) is 0 Å². The largest absolute Gasteiger partial charge is 0.373 e. The monoisotopic (exact) mass is 634 g/mol. The maximum atomic E-state index is 14.0. The van der Waals surface area contributed by atoms with Gasteiger partial charge >= 0.3 is 0 Å². The first-order valence-electron chi connectivity index (χ1n) is 15.0. The summed E-state index contributed by atoms with van der Waals surface area (Å²) < 4.78 is 40.8. The number of carbonyl (C=O) groups is 3. The van der Waals surface area contributed by atoms with Gasteiger partial charge in [-0.25, -0.2) is 13.2 Å². The fraction of sp³-hybridized carbons (Fsp3) is 0.516. The van der Waals surface area contributed by atoms with Gasteiger partial charge in [-0.2, -0.15) is 0 Å². The van der Waals surface area contributed by atoms with Gasteiger partial charge in [0.2, 0.25) is 11.8 Å². The number of nitrogens with zero attached hydrogens (tertiary/aromatic N) is 1. The van der Waals surface area contributed by atoms with E-state index in [4.69, 9.17) is 5.73 Å². The maximum absolute atomic E-state index is 14.0. The summed E-state index contributed by atoms with van der Waals surface area (Å²) >= 11 is 1.34. The van der Waals surface area contributed by atoms with Crippen LogP contribution in [0.1, 0.15) is 44.2 Å². The first-order valence-corrected chi connectivity index (χ1v) is 16.0. The normalized spacial score (nSPS) is 18.6. The van der Waals surface area contributed by atoms with Gasteiger partial charge in [-0.05, 0) is 67.6 Å². The minimum Gasteiger partial charge on any atom is -0.373 e. The Morgan fingerprint density at radius 2 is 1.73 bits per heavy atom. The van der Waals surface area contributed by atoms with Crippen molar-refractivity contribution in [3.05, 3.63) is 65.0 Å². The van der Waals surface area contributed by atoms with Crippen molar-refractivity contribution >= 4 is 35.2 Å². The molecule has 0 spiro atoms. The summed E-state index contributed by atoms with van der Waals surface area (Å²) in [6.45, 7) is 6.40. The molecule has 2 aliphatic rings. The van der Waals surface area contributed by atoms with Crippen molar-refractivity contribution in [2.75, 3.05) is 30.7 Å². The molecule has 13 heteroatoms. The van der Waals surface area contributed by atoms with Gasteiger partial charge in [0.15, 0.2) is 17.0 Å². The highest BCUT2D eigenvalue weighted by molar-refractivity contribution is 8.00. The molecule has 0 aromatic heterocycles. The molecule has 2 aromatic carbocycles. The molecule has 2 heterocycles. The number of hydrogen-bond donors (Lipinski definition) is 5. The Morgan fingerprint density at radius 1 is 1.05 bits per heavy atom. The number of carbonyl (C=O) groups excluding carboxylic acids is 3. The van der Waals surface area contributed by atoms with E-state index in [0.29, 0.717) is 18.4 Å². The Labute approximate surface area is 260 Å². The lowest BCUT2D eigenvalue weighted by Crippen LogP contribution is -2.49. The lowest BCUT2D eigenvalue weighted by atomic mass is 10.0. The van der Waals surface area contributed by atoms with Gasteiger partial charge in [-0.1, -0.05) is 26.0 Å². The summed E-state index contributed by atoms with van der Waals surface area (Å²) in [5.41, 5.74) is 7.56. The van der Waals surface area contributed by atoms with Crippen LogP contribution in [0, 0.1) is 23.4 Å². The number of rotatable bonds is 12. The predicted octanol–water partition coefficient (Wildman–Crippen LogP) is 2.89. The first-order chi connectivity index (χ1) is 21.0. The van der Waals surface area contributed by atoms with Gasteiger partial charge in [-0.15, -0.1) is 11.8 Å². The molecule has 0 bridgehead atoms. The SMILES string of the molecule is CC(C)[C@@H](Nc1ccc(CNC(=O)[C@@H]2SCCN2C(=O)C[C@H](N)Cc2cc(F)c(F)cc2F)cc1)C(=O)NC1CCNCC1. The average molecular weight is 635 g/mol. The number of hydrogen-bond acceptors (Lipinski definition) is 7. The van der Waals surface area contributed by atoms with Crippen LogP contribution in [0.25, 0.3) is 0 Å². The predicted molar refractivity (Wildman–Crippen MR) is 165 cm³/mol. The molecular weight excluding hydrogens is 593 g/mol. The minimum absolute atomic E-state index is 0.0196. The summed E-state index contributed by atoms with van der Waals surface area (Å²) in [7, 11) is 0. The topological polar surface area (TPSA) is 129 Å². The zero-order chi connectivity index (χ0) is 31.8. The molecule has 0 unspecified atom stereocenters. The molecule has 2 aromatic rings. The quantitative estimate of drug-likeness (QED) is 0.227. The number of nitrogens with two attached hydrogens (primary N) is 1. The third-order valence-corrected chi connectivity index (χ3v) is 9.02. The van der Waals surface area contributed by atoms with Crippen molar-refractivity contribution in [3.8, 4) is 0 Å². The van der Waals surface area contributed by atoms with Gasteiger partial charge in [-0.3, -0.25) is 14.4 Å². The summed E-state index contributed by atoms with van der Waals surface area (Å²) in [4.78, 5) is 40.4. The van der Waals surface area contributed by atoms with Crippen LogP contribution in [-0.4, -0.2) is 71.5 Å². The van der Waals surface area contributed by atoms with E-state index in [9.17, 15) is 27.6 Å². The lowest BCUT2D eigenvalue weighted by molar-refractivity contribution is -0.136. The van der Waals surface area contributed by atoms with Gasteiger partial charge in [0, 0.05) is 49.1 Å². The van der Waals surface area contributed by atoms with E-state index in [1.165, 1.54) is 16.7 Å². The Morgan fingerprint density at radius 3 is 2.41 bits per heavy atom. The number of nitrogens with one attached hydrogen (secondary N) is 4.